The number of rotatable bonds is 3. The zero-order valence-corrected chi connectivity index (χ0v) is 29.0. The zero-order valence-electron chi connectivity index (χ0n) is 23.9. The molecule has 6 aromatic rings. The Bertz CT molecular complexity index is 1530. The van der Waals surface area contributed by atoms with Crippen LogP contribution in [0.5, 0.6) is 0 Å². The molecule has 0 aliphatic rings. The average Bonchev–Trinajstić information content (AvgIpc) is 3.56. The molecule has 4 heteroatoms. The fourth-order valence-corrected chi connectivity index (χ4v) is 4.66. The van der Waals surface area contributed by atoms with Crippen molar-refractivity contribution in [1.29, 1.82) is 0 Å². The van der Waals surface area contributed by atoms with Crippen LogP contribution in [0.4, 0.5) is 0 Å². The molecular weight excluding hydrogens is 623 g/mol. The van der Waals surface area contributed by atoms with Crippen molar-refractivity contribution in [2.24, 2.45) is 0 Å². The van der Waals surface area contributed by atoms with Crippen LogP contribution in [0.15, 0.2) is 121 Å². The Morgan fingerprint density at radius 2 is 1.20 bits per heavy atom. The van der Waals surface area contributed by atoms with Gasteiger partial charge >= 0.3 is 30.2 Å². The molecule has 0 heterocycles. The summed E-state index contributed by atoms with van der Waals surface area (Å²) >= 11 is 1.36. The van der Waals surface area contributed by atoms with E-state index < -0.39 is 0 Å². The summed E-state index contributed by atoms with van der Waals surface area (Å²) in [6.07, 6.45) is 0. The van der Waals surface area contributed by atoms with Crippen LogP contribution in [0.25, 0.3) is 43.8 Å². The van der Waals surface area contributed by atoms with Crippen LogP contribution >= 0.6 is 24.8 Å². The zero-order chi connectivity index (χ0) is 25.5. The number of fused-ring (bicyclic) bond motifs is 2. The van der Waals surface area contributed by atoms with Gasteiger partial charge in [0.05, 0.1) is 0 Å². The predicted molar refractivity (Wildman–Crippen MR) is 182 cm³/mol. The van der Waals surface area contributed by atoms with Gasteiger partial charge in [0.1, 0.15) is 0 Å². The second-order valence-corrected chi connectivity index (χ2v) is 9.31. The summed E-state index contributed by atoms with van der Waals surface area (Å²) in [6, 6.07) is 43.4. The SMILES string of the molecule is CC(C)c1cc2c(-c3ccccc3)cccc2[cH-]1.Cc1ccccc1-c1cc2ccccc2[cH-]1.Cl.Cl.[CH3-].[CH3-].[Si]=[Zr]. The van der Waals surface area contributed by atoms with Crippen LogP contribution in [0.1, 0.15) is 30.9 Å². The van der Waals surface area contributed by atoms with E-state index in [1.807, 2.05) is 0 Å². The number of halogens is 2. The molecule has 0 saturated carbocycles. The van der Waals surface area contributed by atoms with Gasteiger partial charge in [-0.1, -0.05) is 109 Å². The molecule has 0 unspecified atom stereocenters. The summed E-state index contributed by atoms with van der Waals surface area (Å²) in [4.78, 5) is 0. The third-order valence-corrected chi connectivity index (χ3v) is 6.60. The van der Waals surface area contributed by atoms with E-state index in [1.54, 1.807) is 0 Å². The Morgan fingerprint density at radius 1 is 0.625 bits per heavy atom. The Hall–Kier alpha value is -2.22. The van der Waals surface area contributed by atoms with E-state index in [0.717, 1.165) is 0 Å². The normalized spacial score (nSPS) is 9.47. The van der Waals surface area contributed by atoms with Gasteiger partial charge in [-0.15, -0.1) is 93.9 Å². The Kier molecular flexibility index (Phi) is 17.2. The van der Waals surface area contributed by atoms with Crippen LogP contribution in [0, 0.1) is 21.8 Å². The van der Waals surface area contributed by atoms with E-state index >= 15 is 0 Å². The van der Waals surface area contributed by atoms with Gasteiger partial charge in [0, 0.05) is 0 Å². The molecule has 40 heavy (non-hydrogen) atoms. The van der Waals surface area contributed by atoms with Crippen molar-refractivity contribution >= 4 is 53.2 Å². The van der Waals surface area contributed by atoms with Gasteiger partial charge in [-0.05, 0) is 18.4 Å². The van der Waals surface area contributed by atoms with Crippen LogP contribution in [0.2, 0.25) is 0 Å². The maximum atomic E-state index is 3.06. The van der Waals surface area contributed by atoms with Gasteiger partial charge in [-0.3, -0.25) is 0 Å². The molecule has 208 valence electrons. The summed E-state index contributed by atoms with van der Waals surface area (Å²) in [5, 5.41) is 5.36. The first-order valence-corrected chi connectivity index (χ1v) is 16.5. The Labute approximate surface area is 271 Å². The molecule has 0 nitrogen and oxygen atoms in total. The standard InChI is InChI=1S/C18H17.C16H13.2CH3.2ClH.Si.Zr/c1-13(2)16-11-15-9-6-10-17(18(15)12-16)14-7-4-3-5-8-14;1-12-6-2-5-9-16(12)15-10-13-7-3-4-8-14(13)11-15;;;;;;/h3-13H,1-2H3;2-11H,1H3;2*1H3;2*1H;;/q4*-1;;;;. The summed E-state index contributed by atoms with van der Waals surface area (Å²) in [5.74, 6) is 0.584. The molecule has 0 atom stereocenters. The van der Waals surface area contributed by atoms with E-state index in [2.05, 4.69) is 149 Å². The Morgan fingerprint density at radius 3 is 1.85 bits per heavy atom. The summed E-state index contributed by atoms with van der Waals surface area (Å²) in [6.45, 7) is 9.71. The van der Waals surface area contributed by atoms with E-state index in [9.17, 15) is 0 Å². The fourth-order valence-electron chi connectivity index (χ4n) is 4.66. The molecule has 0 N–H and O–H groups in total. The topological polar surface area (TPSA) is 0 Å². The first-order chi connectivity index (χ1) is 17.6. The van der Waals surface area contributed by atoms with E-state index in [0.29, 0.717) is 5.92 Å². The predicted octanol–water partition coefficient (Wildman–Crippen LogP) is 11.2. The van der Waals surface area contributed by atoms with Gasteiger partial charge in [0.15, 0.2) is 0 Å². The van der Waals surface area contributed by atoms with Crippen molar-refractivity contribution < 1.29 is 23.3 Å². The van der Waals surface area contributed by atoms with Crippen LogP contribution in [-0.4, -0.2) is 6.88 Å². The average molecular weight is 661 g/mol. The van der Waals surface area contributed by atoms with Crippen LogP contribution in [-0.2, 0) is 23.3 Å². The van der Waals surface area contributed by atoms with Crippen molar-refractivity contribution in [2.45, 2.75) is 26.7 Å². The van der Waals surface area contributed by atoms with E-state index in [4.69, 9.17) is 0 Å². The van der Waals surface area contributed by atoms with Crippen molar-refractivity contribution in [3.8, 4) is 22.3 Å². The third-order valence-electron chi connectivity index (χ3n) is 6.60. The minimum absolute atomic E-state index is 0. The monoisotopic (exact) mass is 658 g/mol. The van der Waals surface area contributed by atoms with Crippen LogP contribution in [0.3, 0.4) is 0 Å². The molecule has 0 saturated heterocycles. The minimum atomic E-state index is 0. The molecule has 0 spiro atoms. The van der Waals surface area contributed by atoms with Gasteiger partial charge in [-0.25, -0.2) is 0 Å². The second-order valence-electron chi connectivity index (χ2n) is 9.31. The van der Waals surface area contributed by atoms with Gasteiger partial charge in [-0.2, -0.15) is 6.07 Å². The van der Waals surface area contributed by atoms with E-state index in [1.165, 1.54) is 78.3 Å². The molecule has 2 radical (unpaired) electrons. The third kappa shape index (κ3) is 8.89. The van der Waals surface area contributed by atoms with E-state index in [-0.39, 0.29) is 39.7 Å². The number of aryl methyl sites for hydroxylation is 1. The van der Waals surface area contributed by atoms with Crippen molar-refractivity contribution in [1.82, 2.24) is 0 Å². The number of hydrogen-bond acceptors (Lipinski definition) is 0. The van der Waals surface area contributed by atoms with Gasteiger partial charge < -0.3 is 14.9 Å². The van der Waals surface area contributed by atoms with Crippen molar-refractivity contribution in [3.05, 3.63) is 147 Å². The first kappa shape index (κ1) is 37.8. The summed E-state index contributed by atoms with van der Waals surface area (Å²) < 4.78 is 0. The molecule has 6 aromatic carbocycles. The summed E-state index contributed by atoms with van der Waals surface area (Å²) in [7, 11) is 0. The first-order valence-electron chi connectivity index (χ1n) is 12.3. The number of benzene rings is 4. The molecule has 0 aromatic heterocycles. The molecule has 0 amide bonds. The molecule has 0 aliphatic heterocycles. The van der Waals surface area contributed by atoms with Crippen LogP contribution < -0.4 is 0 Å². The van der Waals surface area contributed by atoms with Gasteiger partial charge in [0.25, 0.3) is 0 Å². The second kappa shape index (κ2) is 18.3. The maximum absolute atomic E-state index is 3.06. The van der Waals surface area contributed by atoms with Crippen molar-refractivity contribution in [2.75, 3.05) is 0 Å². The quantitative estimate of drug-likeness (QED) is 0.131. The Balaban J connectivity index is 0.000000657. The number of hydrogen-bond donors (Lipinski definition) is 0. The molecule has 0 fully saturated rings. The summed E-state index contributed by atoms with van der Waals surface area (Å²) in [5.41, 5.74) is 8.04. The van der Waals surface area contributed by atoms with Crippen molar-refractivity contribution in [3.63, 3.8) is 0 Å². The molecule has 0 aliphatic carbocycles. The molecule has 0 bridgehead atoms. The van der Waals surface area contributed by atoms with Gasteiger partial charge in [0.2, 0.25) is 0 Å². The molecular formula is C36H38Cl2SiZr-4. The fraction of sp³-hybridized carbons (Fsp3) is 0.111. The molecule has 6 rings (SSSR count).